The van der Waals surface area contributed by atoms with Crippen molar-refractivity contribution < 1.29 is 9.84 Å². The Bertz CT molecular complexity index is 327. The van der Waals surface area contributed by atoms with Gasteiger partial charge in [0, 0.05) is 12.8 Å². The fourth-order valence-electron chi connectivity index (χ4n) is 1.67. The van der Waals surface area contributed by atoms with Crippen molar-refractivity contribution in [3.63, 3.8) is 0 Å². The van der Waals surface area contributed by atoms with Crippen LogP contribution in [0.3, 0.4) is 0 Å². The van der Waals surface area contributed by atoms with E-state index in [1.54, 1.807) is 0 Å². The summed E-state index contributed by atoms with van der Waals surface area (Å²) in [6.45, 7) is 4.15. The maximum Gasteiger partial charge on any atom is 0.122 e. The smallest absolute Gasteiger partial charge is 0.122 e. The molecule has 1 aliphatic carbocycles. The predicted octanol–water partition coefficient (Wildman–Crippen LogP) is 2.21. The molecule has 2 rings (SSSR count). The minimum absolute atomic E-state index is 0.148. The number of aliphatic hydroxyl groups excluding tert-OH is 1. The van der Waals surface area contributed by atoms with Crippen LogP contribution in [0.5, 0.6) is 5.75 Å². The molecule has 0 amide bonds. The van der Waals surface area contributed by atoms with Crippen molar-refractivity contribution in [1.29, 1.82) is 0 Å². The molecule has 0 spiro atoms. The Morgan fingerprint density at radius 3 is 2.64 bits per heavy atom. The first-order chi connectivity index (χ1) is 6.66. The van der Waals surface area contributed by atoms with E-state index >= 15 is 0 Å². The standard InChI is InChI=1S/C12H16O2/c1-8-4-3-5-12(9(8)2)14-11-6-10(13)7-11/h3-5,10-11,13H,6-7H2,1-2H3. The molecule has 2 heteroatoms. The summed E-state index contributed by atoms with van der Waals surface area (Å²) in [4.78, 5) is 0. The van der Waals surface area contributed by atoms with Gasteiger partial charge in [0.15, 0.2) is 0 Å². The van der Waals surface area contributed by atoms with Crippen molar-refractivity contribution in [3.05, 3.63) is 29.3 Å². The molecule has 0 aromatic heterocycles. The van der Waals surface area contributed by atoms with E-state index in [9.17, 15) is 0 Å². The fraction of sp³-hybridized carbons (Fsp3) is 0.500. The number of hydrogen-bond donors (Lipinski definition) is 1. The summed E-state index contributed by atoms with van der Waals surface area (Å²) in [5, 5.41) is 9.14. The lowest BCUT2D eigenvalue weighted by Gasteiger charge is -2.32. The lowest BCUT2D eigenvalue weighted by atomic mass is 9.92. The van der Waals surface area contributed by atoms with Crippen LogP contribution in [-0.4, -0.2) is 17.3 Å². The number of benzene rings is 1. The number of ether oxygens (including phenoxy) is 1. The molecule has 0 atom stereocenters. The van der Waals surface area contributed by atoms with Gasteiger partial charge in [-0.2, -0.15) is 0 Å². The Morgan fingerprint density at radius 1 is 1.29 bits per heavy atom. The first-order valence-electron chi connectivity index (χ1n) is 5.08. The zero-order valence-corrected chi connectivity index (χ0v) is 8.66. The molecular weight excluding hydrogens is 176 g/mol. The quantitative estimate of drug-likeness (QED) is 0.778. The van der Waals surface area contributed by atoms with Gasteiger partial charge in [-0.1, -0.05) is 12.1 Å². The van der Waals surface area contributed by atoms with Crippen LogP contribution in [0.2, 0.25) is 0 Å². The highest BCUT2D eigenvalue weighted by atomic mass is 16.5. The fourth-order valence-corrected chi connectivity index (χ4v) is 1.67. The van der Waals surface area contributed by atoms with Crippen LogP contribution in [0.1, 0.15) is 24.0 Å². The molecule has 0 aliphatic heterocycles. The lowest BCUT2D eigenvalue weighted by Crippen LogP contribution is -2.37. The van der Waals surface area contributed by atoms with Gasteiger partial charge in [-0.05, 0) is 31.0 Å². The molecule has 1 aliphatic rings. The average Bonchev–Trinajstić information content (AvgIpc) is 2.10. The van der Waals surface area contributed by atoms with Crippen LogP contribution in [0.4, 0.5) is 0 Å². The Morgan fingerprint density at radius 2 is 2.00 bits per heavy atom. The van der Waals surface area contributed by atoms with Crippen molar-refractivity contribution in [2.24, 2.45) is 0 Å². The second kappa shape index (κ2) is 3.62. The molecule has 1 N–H and O–H groups in total. The largest absolute Gasteiger partial charge is 0.490 e. The van der Waals surface area contributed by atoms with Gasteiger partial charge in [-0.15, -0.1) is 0 Å². The number of aryl methyl sites for hydroxylation is 1. The summed E-state index contributed by atoms with van der Waals surface area (Å²) in [5.74, 6) is 0.960. The van der Waals surface area contributed by atoms with Gasteiger partial charge in [0.25, 0.3) is 0 Å². The molecule has 1 aromatic carbocycles. The third-order valence-electron chi connectivity index (χ3n) is 2.92. The van der Waals surface area contributed by atoms with Crippen molar-refractivity contribution >= 4 is 0 Å². The molecule has 0 bridgehead atoms. The maximum atomic E-state index is 9.14. The molecular formula is C12H16O2. The summed E-state index contributed by atoms with van der Waals surface area (Å²) in [5.41, 5.74) is 2.45. The highest BCUT2D eigenvalue weighted by Crippen LogP contribution is 2.28. The van der Waals surface area contributed by atoms with E-state index in [0.717, 1.165) is 18.6 Å². The van der Waals surface area contributed by atoms with Crippen LogP contribution in [0.15, 0.2) is 18.2 Å². The number of hydrogen-bond acceptors (Lipinski definition) is 2. The van der Waals surface area contributed by atoms with Gasteiger partial charge in [0.05, 0.1) is 6.10 Å². The molecule has 0 heterocycles. The van der Waals surface area contributed by atoms with Crippen LogP contribution in [-0.2, 0) is 0 Å². The van der Waals surface area contributed by atoms with E-state index < -0.39 is 0 Å². The molecule has 1 aromatic rings. The summed E-state index contributed by atoms with van der Waals surface area (Å²) >= 11 is 0. The van der Waals surface area contributed by atoms with Crippen LogP contribution in [0, 0.1) is 13.8 Å². The van der Waals surface area contributed by atoms with Gasteiger partial charge in [-0.25, -0.2) is 0 Å². The monoisotopic (exact) mass is 192 g/mol. The minimum Gasteiger partial charge on any atom is -0.490 e. The summed E-state index contributed by atoms with van der Waals surface area (Å²) < 4.78 is 5.77. The summed E-state index contributed by atoms with van der Waals surface area (Å²) in [6, 6.07) is 6.08. The van der Waals surface area contributed by atoms with E-state index in [1.807, 2.05) is 12.1 Å². The number of rotatable bonds is 2. The van der Waals surface area contributed by atoms with Crippen molar-refractivity contribution in [3.8, 4) is 5.75 Å². The number of aliphatic hydroxyl groups is 1. The van der Waals surface area contributed by atoms with E-state index in [2.05, 4.69) is 19.9 Å². The second-order valence-electron chi connectivity index (χ2n) is 4.06. The molecule has 0 unspecified atom stereocenters. The lowest BCUT2D eigenvalue weighted by molar-refractivity contribution is -0.0111. The Labute approximate surface area is 84.5 Å². The molecule has 76 valence electrons. The van der Waals surface area contributed by atoms with E-state index in [4.69, 9.17) is 9.84 Å². The van der Waals surface area contributed by atoms with Crippen LogP contribution in [0.25, 0.3) is 0 Å². The van der Waals surface area contributed by atoms with Gasteiger partial charge in [0.2, 0.25) is 0 Å². The van der Waals surface area contributed by atoms with Crippen molar-refractivity contribution in [1.82, 2.24) is 0 Å². The minimum atomic E-state index is -0.148. The first kappa shape index (κ1) is 9.53. The third kappa shape index (κ3) is 1.75. The maximum absolute atomic E-state index is 9.14. The zero-order valence-electron chi connectivity index (χ0n) is 8.66. The van der Waals surface area contributed by atoms with Crippen LogP contribution >= 0.6 is 0 Å². The van der Waals surface area contributed by atoms with Crippen LogP contribution < -0.4 is 4.74 Å². The normalized spacial score (nSPS) is 25.6. The Balaban J connectivity index is 2.06. The highest BCUT2D eigenvalue weighted by Gasteiger charge is 2.29. The molecule has 2 nitrogen and oxygen atoms in total. The molecule has 1 saturated carbocycles. The topological polar surface area (TPSA) is 29.5 Å². The summed E-state index contributed by atoms with van der Waals surface area (Å²) in [7, 11) is 0. The van der Waals surface area contributed by atoms with Gasteiger partial charge in [0.1, 0.15) is 11.9 Å². The highest BCUT2D eigenvalue weighted by molar-refractivity contribution is 5.38. The first-order valence-corrected chi connectivity index (χ1v) is 5.08. The predicted molar refractivity (Wildman–Crippen MR) is 55.6 cm³/mol. The molecule has 1 fully saturated rings. The zero-order chi connectivity index (χ0) is 10.1. The molecule has 14 heavy (non-hydrogen) atoms. The summed E-state index contributed by atoms with van der Waals surface area (Å²) in [6.07, 6.45) is 1.61. The van der Waals surface area contributed by atoms with Gasteiger partial charge in [-0.3, -0.25) is 0 Å². The van der Waals surface area contributed by atoms with E-state index in [0.29, 0.717) is 0 Å². The van der Waals surface area contributed by atoms with Crippen molar-refractivity contribution in [2.75, 3.05) is 0 Å². The molecule has 0 saturated heterocycles. The third-order valence-corrected chi connectivity index (χ3v) is 2.92. The average molecular weight is 192 g/mol. The Kier molecular flexibility index (Phi) is 2.46. The molecule has 0 radical (unpaired) electrons. The van der Waals surface area contributed by atoms with Gasteiger partial charge >= 0.3 is 0 Å². The SMILES string of the molecule is Cc1cccc(OC2CC(O)C2)c1C. The second-order valence-corrected chi connectivity index (χ2v) is 4.06. The van der Waals surface area contributed by atoms with Crippen molar-refractivity contribution in [2.45, 2.75) is 38.9 Å². The van der Waals surface area contributed by atoms with Gasteiger partial charge < -0.3 is 9.84 Å². The van der Waals surface area contributed by atoms with E-state index in [-0.39, 0.29) is 12.2 Å². The van der Waals surface area contributed by atoms with E-state index in [1.165, 1.54) is 11.1 Å². The Hall–Kier alpha value is -1.02.